The maximum absolute atomic E-state index is 2.53. The molecule has 72 heavy (non-hydrogen) atoms. The van der Waals surface area contributed by atoms with Crippen molar-refractivity contribution in [3.63, 3.8) is 0 Å². The van der Waals surface area contributed by atoms with E-state index in [0.29, 0.717) is 0 Å². The van der Waals surface area contributed by atoms with Gasteiger partial charge in [-0.2, -0.15) is 0 Å². The van der Waals surface area contributed by atoms with Gasteiger partial charge in [-0.15, -0.1) is 0 Å². The smallest absolute Gasteiger partial charge is 0.0754 e. The van der Waals surface area contributed by atoms with E-state index >= 15 is 0 Å². The van der Waals surface area contributed by atoms with Crippen LogP contribution in [0.1, 0.15) is 47.2 Å². The molecule has 1 spiro atoms. The lowest BCUT2D eigenvalue weighted by Gasteiger charge is -2.39. The average Bonchev–Trinajstić information content (AvgIpc) is 4.03. The SMILES string of the molecule is CC1(C)c2ccccc2-c2ccc(N(c3cccc(-c4ccc5c(c4)C4(c6ccccc6-5)c5ccccc5-n5c6ccccc6c6cccc4c65)c3)c3ccccc3-c3ccc(-c4ccccc4)cc3)cc21. The maximum Gasteiger partial charge on any atom is 0.0754 e. The van der Waals surface area contributed by atoms with Gasteiger partial charge in [0.05, 0.1) is 27.8 Å². The number of anilines is 3. The van der Waals surface area contributed by atoms with Crippen LogP contribution in [0.25, 0.3) is 83.1 Å². The fourth-order valence-corrected chi connectivity index (χ4v) is 13.2. The number of para-hydroxylation sites is 4. The molecular weight excluding hydrogens is 869 g/mol. The topological polar surface area (TPSA) is 8.17 Å². The lowest BCUT2D eigenvalue weighted by molar-refractivity contribution is 0.660. The van der Waals surface area contributed by atoms with Gasteiger partial charge in [0.1, 0.15) is 0 Å². The van der Waals surface area contributed by atoms with Crippen LogP contribution in [-0.2, 0) is 10.8 Å². The Kier molecular flexibility index (Phi) is 8.66. The number of nitrogens with zero attached hydrogens (tertiary/aromatic N) is 2. The minimum absolute atomic E-state index is 0.156. The van der Waals surface area contributed by atoms with Gasteiger partial charge in [-0.3, -0.25) is 0 Å². The Labute approximate surface area is 420 Å². The summed E-state index contributed by atoms with van der Waals surface area (Å²) < 4.78 is 2.53. The molecule has 0 saturated carbocycles. The molecule has 2 aliphatic carbocycles. The third-order valence-electron chi connectivity index (χ3n) is 16.4. The van der Waals surface area contributed by atoms with Crippen molar-refractivity contribution in [1.29, 1.82) is 0 Å². The highest BCUT2D eigenvalue weighted by Gasteiger charge is 2.51. The van der Waals surface area contributed by atoms with Crippen molar-refractivity contribution in [2.75, 3.05) is 4.90 Å². The summed E-state index contributed by atoms with van der Waals surface area (Å²) in [5, 5.41) is 2.57. The predicted molar refractivity (Wildman–Crippen MR) is 300 cm³/mol. The van der Waals surface area contributed by atoms with Crippen LogP contribution < -0.4 is 4.90 Å². The molecule has 15 rings (SSSR count). The molecule has 1 unspecified atom stereocenters. The second-order valence-corrected chi connectivity index (χ2v) is 20.4. The summed E-state index contributed by atoms with van der Waals surface area (Å²) in [4.78, 5) is 2.49. The Balaban J connectivity index is 0.929. The predicted octanol–water partition coefficient (Wildman–Crippen LogP) is 18.2. The Morgan fingerprint density at radius 2 is 0.861 bits per heavy atom. The quantitative estimate of drug-likeness (QED) is 0.161. The summed E-state index contributed by atoms with van der Waals surface area (Å²) >= 11 is 0. The summed E-state index contributed by atoms with van der Waals surface area (Å²) in [6, 6.07) is 95.4. The van der Waals surface area contributed by atoms with Crippen molar-refractivity contribution in [3.05, 3.63) is 288 Å². The van der Waals surface area contributed by atoms with Crippen LogP contribution in [0.2, 0.25) is 0 Å². The summed E-state index contributed by atoms with van der Waals surface area (Å²) in [5.41, 5.74) is 26.8. The van der Waals surface area contributed by atoms with E-state index < -0.39 is 5.41 Å². The second-order valence-electron chi connectivity index (χ2n) is 20.4. The Morgan fingerprint density at radius 1 is 0.319 bits per heavy atom. The lowest BCUT2D eigenvalue weighted by Crippen LogP contribution is -2.33. The highest BCUT2D eigenvalue weighted by molar-refractivity contribution is 6.13. The van der Waals surface area contributed by atoms with Crippen LogP contribution in [0, 0.1) is 0 Å². The highest BCUT2D eigenvalue weighted by atomic mass is 15.1. The molecule has 0 amide bonds. The summed E-state index contributed by atoms with van der Waals surface area (Å²) in [6.07, 6.45) is 0. The van der Waals surface area contributed by atoms with E-state index in [1.165, 1.54) is 117 Å². The molecule has 3 aliphatic rings. The number of hydrogen-bond acceptors (Lipinski definition) is 1. The molecule has 12 aromatic rings. The fraction of sp³-hybridized carbons (Fsp3) is 0.0571. The molecule has 1 aliphatic heterocycles. The number of aromatic nitrogens is 1. The summed E-state index contributed by atoms with van der Waals surface area (Å²) in [6.45, 7) is 4.75. The first kappa shape index (κ1) is 40.9. The lowest BCUT2D eigenvalue weighted by atomic mass is 9.65. The highest BCUT2D eigenvalue weighted by Crippen LogP contribution is 2.61. The van der Waals surface area contributed by atoms with Crippen LogP contribution in [-0.4, -0.2) is 4.57 Å². The molecule has 0 N–H and O–H groups in total. The zero-order chi connectivity index (χ0) is 47.7. The van der Waals surface area contributed by atoms with Crippen molar-refractivity contribution in [1.82, 2.24) is 4.57 Å². The number of hydrogen-bond donors (Lipinski definition) is 0. The van der Waals surface area contributed by atoms with E-state index in [0.717, 1.165) is 17.1 Å². The van der Waals surface area contributed by atoms with Gasteiger partial charge < -0.3 is 9.47 Å². The van der Waals surface area contributed by atoms with Gasteiger partial charge in [0, 0.05) is 33.1 Å². The first-order valence-electron chi connectivity index (χ1n) is 25.3. The van der Waals surface area contributed by atoms with Crippen LogP contribution >= 0.6 is 0 Å². The van der Waals surface area contributed by atoms with E-state index in [-0.39, 0.29) is 5.41 Å². The fourth-order valence-electron chi connectivity index (χ4n) is 13.2. The van der Waals surface area contributed by atoms with Gasteiger partial charge in [0.2, 0.25) is 0 Å². The number of rotatable bonds is 6. The first-order chi connectivity index (χ1) is 35.5. The second kappa shape index (κ2) is 15.3. The van der Waals surface area contributed by atoms with Gasteiger partial charge in [0.15, 0.2) is 0 Å². The molecule has 338 valence electrons. The van der Waals surface area contributed by atoms with Crippen molar-refractivity contribution in [2.24, 2.45) is 0 Å². The summed E-state index contributed by atoms with van der Waals surface area (Å²) in [7, 11) is 0. The Hall–Kier alpha value is -8.98. The standard InChI is InChI=1S/C70H48N2/c1-69(2)59-27-10-6-23-53(59)55-41-39-51(44-63(55)69)71(65-31-13-8-22-52(65)47-36-34-46(35-37-47)45-18-4-3-5-19-45)50-21-16-20-48(42-50)49-38-40-56-54-24-7-11-28-60(54)70(64(56)43-49)61-29-12-15-33-67(61)72-66-32-14-9-25-57(66)58-26-17-30-62(70)68(58)72/h3-44H,1-2H3. The van der Waals surface area contributed by atoms with Crippen molar-refractivity contribution < 1.29 is 0 Å². The minimum atomic E-state index is -0.532. The third-order valence-corrected chi connectivity index (χ3v) is 16.4. The molecule has 0 fully saturated rings. The maximum atomic E-state index is 2.53. The zero-order valence-electron chi connectivity index (χ0n) is 40.1. The molecule has 2 nitrogen and oxygen atoms in total. The molecule has 2 heterocycles. The molecule has 11 aromatic carbocycles. The molecule has 0 saturated heterocycles. The van der Waals surface area contributed by atoms with Gasteiger partial charge in [-0.1, -0.05) is 220 Å². The van der Waals surface area contributed by atoms with E-state index in [1.807, 2.05) is 0 Å². The van der Waals surface area contributed by atoms with Gasteiger partial charge >= 0.3 is 0 Å². The zero-order valence-corrected chi connectivity index (χ0v) is 40.1. The Bertz CT molecular complexity index is 4190. The van der Waals surface area contributed by atoms with Crippen LogP contribution in [0.3, 0.4) is 0 Å². The average molecular weight is 917 g/mol. The number of benzene rings is 11. The van der Waals surface area contributed by atoms with Crippen molar-refractivity contribution in [3.8, 4) is 61.3 Å². The van der Waals surface area contributed by atoms with Gasteiger partial charge in [0.25, 0.3) is 0 Å². The minimum Gasteiger partial charge on any atom is -0.310 e. The van der Waals surface area contributed by atoms with E-state index in [9.17, 15) is 0 Å². The normalized spacial score (nSPS) is 15.2. The molecule has 0 bridgehead atoms. The van der Waals surface area contributed by atoms with Crippen LogP contribution in [0.5, 0.6) is 0 Å². The van der Waals surface area contributed by atoms with Crippen LogP contribution in [0.15, 0.2) is 255 Å². The molecule has 1 aromatic heterocycles. The van der Waals surface area contributed by atoms with Gasteiger partial charge in [-0.25, -0.2) is 0 Å². The van der Waals surface area contributed by atoms with Crippen molar-refractivity contribution >= 4 is 38.9 Å². The summed E-state index contributed by atoms with van der Waals surface area (Å²) in [5.74, 6) is 0. The molecule has 1 atom stereocenters. The van der Waals surface area contributed by atoms with Crippen molar-refractivity contribution in [2.45, 2.75) is 24.7 Å². The molecular formula is C70H48N2. The van der Waals surface area contributed by atoms with E-state index in [2.05, 4.69) is 278 Å². The number of fused-ring (bicyclic) bond motifs is 15. The van der Waals surface area contributed by atoms with Gasteiger partial charge in [-0.05, 0) is 132 Å². The molecule has 0 radical (unpaired) electrons. The van der Waals surface area contributed by atoms with E-state index in [1.54, 1.807) is 0 Å². The third kappa shape index (κ3) is 5.61. The monoisotopic (exact) mass is 916 g/mol. The van der Waals surface area contributed by atoms with E-state index in [4.69, 9.17) is 0 Å². The van der Waals surface area contributed by atoms with Crippen LogP contribution in [0.4, 0.5) is 17.1 Å². The first-order valence-corrected chi connectivity index (χ1v) is 25.3. The molecule has 2 heteroatoms. The Morgan fingerprint density at radius 3 is 1.71 bits per heavy atom. The largest absolute Gasteiger partial charge is 0.310 e.